The number of rotatable bonds is 4. The molecule has 246 valence electrons. The lowest BCUT2D eigenvalue weighted by molar-refractivity contribution is -0.163. The van der Waals surface area contributed by atoms with Gasteiger partial charge in [0.25, 0.3) is 0 Å². The van der Waals surface area contributed by atoms with Crippen molar-refractivity contribution in [3.8, 4) is 0 Å². The number of allylic oxidation sites excluding steroid dienone is 2. The highest BCUT2D eigenvalue weighted by molar-refractivity contribution is 5.27. The van der Waals surface area contributed by atoms with Crippen molar-refractivity contribution in [3.63, 3.8) is 0 Å². The van der Waals surface area contributed by atoms with Gasteiger partial charge in [-0.05, 0) is 121 Å². The van der Waals surface area contributed by atoms with Crippen LogP contribution < -0.4 is 0 Å². The molecule has 0 bridgehead atoms. The number of nitrogens with zero attached hydrogens (tertiary/aromatic N) is 1. The fourth-order valence-corrected chi connectivity index (χ4v) is 11.4. The molecule has 0 radical (unpaired) electrons. The monoisotopic (exact) mass is 607 g/mol. The van der Waals surface area contributed by atoms with Crippen LogP contribution in [0.5, 0.6) is 0 Å². The summed E-state index contributed by atoms with van der Waals surface area (Å²) < 4.78 is 5.30. The Hall–Kier alpha value is -1.24. The van der Waals surface area contributed by atoms with E-state index in [0.29, 0.717) is 16.7 Å². The Labute approximate surface area is 267 Å². The van der Waals surface area contributed by atoms with Crippen LogP contribution in [0.4, 0.5) is 0 Å². The second kappa shape index (κ2) is 13.1. The van der Waals surface area contributed by atoms with E-state index < -0.39 is 0 Å². The lowest BCUT2D eigenvalue weighted by Crippen LogP contribution is -2.59. The number of benzene rings is 1. The van der Waals surface area contributed by atoms with Crippen LogP contribution >= 0.6 is 0 Å². The van der Waals surface area contributed by atoms with Gasteiger partial charge >= 0.3 is 0 Å². The molecule has 1 aromatic rings. The molecule has 9 atom stereocenters. The average Bonchev–Trinajstić information content (AvgIpc) is 3.02. The zero-order valence-corrected chi connectivity index (χ0v) is 28.1. The van der Waals surface area contributed by atoms with Crippen LogP contribution in [0.1, 0.15) is 103 Å². The predicted octanol–water partition coefficient (Wildman–Crippen LogP) is 6.98. The summed E-state index contributed by atoms with van der Waals surface area (Å²) in [7, 11) is 0. The first-order chi connectivity index (χ1) is 21.1. The molecule has 7 rings (SSSR count). The first-order valence-electron chi connectivity index (χ1n) is 18.1. The lowest BCUT2D eigenvalue weighted by Gasteiger charge is -2.65. The molecule has 5 fully saturated rings. The van der Waals surface area contributed by atoms with Crippen LogP contribution in [-0.2, 0) is 17.9 Å². The number of morpholine rings is 1. The highest BCUT2D eigenvalue weighted by atomic mass is 16.5. The van der Waals surface area contributed by atoms with Crippen molar-refractivity contribution in [1.82, 2.24) is 4.90 Å². The van der Waals surface area contributed by atoms with E-state index in [1.165, 1.54) is 56.9 Å². The maximum Gasteiger partial charge on any atom is 0.0681 e. The molecule has 44 heavy (non-hydrogen) atoms. The second-order valence-electron chi connectivity index (χ2n) is 16.9. The van der Waals surface area contributed by atoms with E-state index in [2.05, 4.69) is 50.8 Å². The van der Waals surface area contributed by atoms with E-state index in [1.54, 1.807) is 0 Å². The van der Waals surface area contributed by atoms with Crippen LogP contribution in [0.25, 0.3) is 0 Å². The smallest absolute Gasteiger partial charge is 0.0681 e. The Bertz CT molecular complexity index is 1140. The molecule has 6 aliphatic rings. The van der Waals surface area contributed by atoms with Gasteiger partial charge in [-0.25, -0.2) is 0 Å². The maximum absolute atomic E-state index is 10.6. The first-order valence-corrected chi connectivity index (χ1v) is 18.1. The van der Waals surface area contributed by atoms with Crippen molar-refractivity contribution < 1.29 is 20.1 Å². The maximum atomic E-state index is 10.6. The summed E-state index contributed by atoms with van der Waals surface area (Å²) in [5, 5.41) is 29.6. The summed E-state index contributed by atoms with van der Waals surface area (Å²) in [6.07, 6.45) is 15.3. The van der Waals surface area contributed by atoms with Gasteiger partial charge in [0, 0.05) is 32.2 Å². The number of ether oxygens (including phenoxy) is 1. The number of hydrogen-bond acceptors (Lipinski definition) is 5. The zero-order chi connectivity index (χ0) is 31.1. The zero-order valence-electron chi connectivity index (χ0n) is 28.1. The van der Waals surface area contributed by atoms with E-state index >= 15 is 0 Å². The SMILES string of the molecule is CC1(C)CCC2CCC3C(=CCC4C3(C)CCC3C(CO)C(O)CCC34C)C2C1.OCc1ccc(CN2CCOCC2)cc1. The van der Waals surface area contributed by atoms with E-state index in [-0.39, 0.29) is 30.7 Å². The van der Waals surface area contributed by atoms with Gasteiger partial charge < -0.3 is 20.1 Å². The summed E-state index contributed by atoms with van der Waals surface area (Å²) in [5.41, 5.74) is 5.35. The molecule has 5 heteroatoms. The van der Waals surface area contributed by atoms with Crippen LogP contribution in [0.3, 0.4) is 0 Å². The summed E-state index contributed by atoms with van der Waals surface area (Å²) in [4.78, 5) is 2.39. The minimum atomic E-state index is -0.294. The normalized spacial score (nSPS) is 41.5. The van der Waals surface area contributed by atoms with E-state index in [0.717, 1.165) is 74.9 Å². The minimum Gasteiger partial charge on any atom is -0.396 e. The van der Waals surface area contributed by atoms with Crippen molar-refractivity contribution in [1.29, 1.82) is 0 Å². The molecule has 1 aromatic carbocycles. The molecule has 4 saturated carbocycles. The molecule has 5 nitrogen and oxygen atoms in total. The third kappa shape index (κ3) is 6.22. The minimum absolute atomic E-state index is 0.0959. The molecule has 0 amide bonds. The second-order valence-corrected chi connectivity index (χ2v) is 16.9. The van der Waals surface area contributed by atoms with Crippen molar-refractivity contribution in [2.75, 3.05) is 32.9 Å². The largest absolute Gasteiger partial charge is 0.396 e. The molecule has 1 saturated heterocycles. The Kier molecular flexibility index (Phi) is 9.74. The molecule has 9 unspecified atom stereocenters. The van der Waals surface area contributed by atoms with Crippen LogP contribution in [0.15, 0.2) is 35.9 Å². The molecule has 0 aromatic heterocycles. The van der Waals surface area contributed by atoms with Crippen molar-refractivity contribution in [2.24, 2.45) is 51.8 Å². The molecular formula is C39H61NO4. The number of fused-ring (bicyclic) bond motifs is 7. The van der Waals surface area contributed by atoms with Gasteiger partial charge in [0.05, 0.1) is 25.9 Å². The Morgan fingerprint density at radius 3 is 2.25 bits per heavy atom. The Morgan fingerprint density at radius 2 is 1.55 bits per heavy atom. The summed E-state index contributed by atoms with van der Waals surface area (Å²) in [5.74, 6) is 3.89. The quantitative estimate of drug-likeness (QED) is 0.322. The van der Waals surface area contributed by atoms with Gasteiger partial charge in [-0.3, -0.25) is 4.90 Å². The van der Waals surface area contributed by atoms with E-state index in [9.17, 15) is 10.2 Å². The lowest BCUT2D eigenvalue weighted by atomic mass is 9.39. The topological polar surface area (TPSA) is 73.2 Å². The van der Waals surface area contributed by atoms with Crippen molar-refractivity contribution in [3.05, 3.63) is 47.0 Å². The van der Waals surface area contributed by atoms with Gasteiger partial charge in [-0.15, -0.1) is 0 Å². The first kappa shape index (κ1) is 32.7. The highest BCUT2D eigenvalue weighted by Gasteiger charge is 2.61. The van der Waals surface area contributed by atoms with E-state index in [4.69, 9.17) is 9.84 Å². The molecule has 1 heterocycles. The summed E-state index contributed by atoms with van der Waals surface area (Å²) in [6, 6.07) is 8.13. The Morgan fingerprint density at radius 1 is 0.841 bits per heavy atom. The molecular weight excluding hydrogens is 546 g/mol. The van der Waals surface area contributed by atoms with Crippen LogP contribution in [0, 0.1) is 51.8 Å². The summed E-state index contributed by atoms with van der Waals surface area (Å²) in [6.45, 7) is 15.1. The molecule has 5 aliphatic carbocycles. The third-order valence-corrected chi connectivity index (χ3v) is 13.9. The van der Waals surface area contributed by atoms with Gasteiger partial charge in [0.1, 0.15) is 0 Å². The predicted molar refractivity (Wildman–Crippen MR) is 177 cm³/mol. The standard InChI is InChI=1S/C27H44O2.C12H17NO2/c1-25(2)12-9-17-5-7-21-18(19(17)15-25)6-8-24-26(21,3)13-10-22-20(16-28)23(29)11-14-27(22,24)4;14-10-12-3-1-11(2-4-12)9-13-5-7-15-8-6-13/h6,17,19-24,28-29H,5,7-16H2,1-4H3;1-4,14H,5-10H2. The van der Waals surface area contributed by atoms with Gasteiger partial charge in [-0.2, -0.15) is 0 Å². The summed E-state index contributed by atoms with van der Waals surface area (Å²) >= 11 is 0. The van der Waals surface area contributed by atoms with Crippen LogP contribution in [-0.4, -0.2) is 59.2 Å². The number of hydrogen-bond donors (Lipinski definition) is 3. The van der Waals surface area contributed by atoms with E-state index in [1.807, 2.05) is 17.7 Å². The number of aliphatic hydroxyl groups excluding tert-OH is 3. The van der Waals surface area contributed by atoms with Gasteiger partial charge in [0.2, 0.25) is 0 Å². The fourth-order valence-electron chi connectivity index (χ4n) is 11.4. The third-order valence-electron chi connectivity index (χ3n) is 13.9. The van der Waals surface area contributed by atoms with Gasteiger partial charge in [0.15, 0.2) is 0 Å². The molecule has 0 spiro atoms. The molecule has 1 aliphatic heterocycles. The number of aliphatic hydroxyl groups is 3. The molecule has 3 N–H and O–H groups in total. The fraction of sp³-hybridized carbons (Fsp3) is 0.795. The van der Waals surface area contributed by atoms with Crippen molar-refractivity contribution >= 4 is 0 Å². The average molecular weight is 608 g/mol. The Balaban J connectivity index is 0.000000193. The van der Waals surface area contributed by atoms with Gasteiger partial charge in [-0.1, -0.05) is 63.6 Å². The van der Waals surface area contributed by atoms with Crippen molar-refractivity contribution in [2.45, 2.75) is 111 Å². The highest BCUT2D eigenvalue weighted by Crippen LogP contribution is 2.69. The van der Waals surface area contributed by atoms with Crippen LogP contribution in [0.2, 0.25) is 0 Å².